The molecule has 2 saturated carbocycles. The summed E-state index contributed by atoms with van der Waals surface area (Å²) in [5.41, 5.74) is -1.05. The third kappa shape index (κ3) is 6.63. The fourth-order valence-electron chi connectivity index (χ4n) is 7.00. The zero-order valence-electron chi connectivity index (χ0n) is 26.7. The van der Waals surface area contributed by atoms with Gasteiger partial charge in [-0.05, 0) is 62.1 Å². The average Bonchev–Trinajstić information content (AvgIpc) is 4.00. The highest BCUT2D eigenvalue weighted by molar-refractivity contribution is 7.91. The Labute approximate surface area is 282 Å². The Balaban J connectivity index is 1.21. The maximum absolute atomic E-state index is 14.2. The second kappa shape index (κ2) is 12.9. The van der Waals surface area contributed by atoms with E-state index in [1.807, 2.05) is 48.6 Å². The van der Waals surface area contributed by atoms with Gasteiger partial charge in [0.2, 0.25) is 27.7 Å². The van der Waals surface area contributed by atoms with Crippen molar-refractivity contribution in [3.63, 3.8) is 0 Å². The summed E-state index contributed by atoms with van der Waals surface area (Å²) in [7, 11) is -3.89. The Hall–Kier alpha value is -4.79. The third-order valence-corrected chi connectivity index (χ3v) is 11.7. The predicted octanol–water partition coefficient (Wildman–Crippen LogP) is 2.77. The van der Waals surface area contributed by atoms with E-state index < -0.39 is 68.7 Å². The van der Waals surface area contributed by atoms with Crippen LogP contribution in [-0.4, -0.2) is 87.7 Å². The topological polar surface area (TPSA) is 197 Å². The summed E-state index contributed by atoms with van der Waals surface area (Å²) in [6.07, 6.45) is 7.43. The smallest absolute Gasteiger partial charge is 0.405 e. The number of amides is 4. The van der Waals surface area contributed by atoms with Crippen LogP contribution in [0.25, 0.3) is 21.8 Å². The molecular weight excluding hydrogens is 652 g/mol. The molecule has 15 heteroatoms. The monoisotopic (exact) mass is 690 g/mol. The number of fused-ring (bicyclic) bond motifs is 5. The average molecular weight is 691 g/mol. The quantitative estimate of drug-likeness (QED) is 0.221. The molecule has 5 atom stereocenters. The van der Waals surface area contributed by atoms with Gasteiger partial charge in [-0.2, -0.15) is 4.98 Å². The molecule has 4 N–H and O–H groups in total. The molecule has 3 fully saturated rings. The number of carbonyl (C=O) groups excluding carboxylic acids is 3. The van der Waals surface area contributed by atoms with Crippen LogP contribution in [0.1, 0.15) is 57.8 Å². The molecule has 1 aromatic carbocycles. The van der Waals surface area contributed by atoms with Crippen molar-refractivity contribution >= 4 is 55.6 Å². The van der Waals surface area contributed by atoms with Crippen molar-refractivity contribution in [2.24, 2.45) is 5.92 Å². The highest BCUT2D eigenvalue weighted by Gasteiger charge is 2.62. The summed E-state index contributed by atoms with van der Waals surface area (Å²) in [5, 5.41) is 16.5. The van der Waals surface area contributed by atoms with Gasteiger partial charge in [-0.1, -0.05) is 43.2 Å². The van der Waals surface area contributed by atoms with Crippen molar-refractivity contribution < 1.29 is 37.4 Å². The van der Waals surface area contributed by atoms with Crippen LogP contribution in [0, 0.1) is 5.92 Å². The van der Waals surface area contributed by atoms with Gasteiger partial charge in [0.25, 0.3) is 5.91 Å². The van der Waals surface area contributed by atoms with Crippen LogP contribution in [0.5, 0.6) is 5.88 Å². The number of benzene rings is 1. The molecule has 2 aromatic heterocycles. The fourth-order valence-corrected chi connectivity index (χ4v) is 8.37. The molecular formula is C34H38N6O8S. The lowest BCUT2D eigenvalue weighted by Gasteiger charge is -2.29. The van der Waals surface area contributed by atoms with Crippen LogP contribution in [0.4, 0.5) is 4.79 Å². The Bertz CT molecular complexity index is 1970. The van der Waals surface area contributed by atoms with Gasteiger partial charge in [-0.25, -0.2) is 18.2 Å². The standard InChI is InChI=1S/C34H38N6O8S/c41-29-27-17-21(48-30-25-11-7-6-10-23(25)24-12-8-16-35-28(24)37-30)19-40(27)31(42)26(36-33(44)45)13-5-3-1-2-4-9-20-18-34(20,38-29)32(43)39-49(46,47)22-14-15-22/h4,6-12,16,20-22,26-27,36H,1-3,5,13-15,17-19H2,(H,38,41)(H,39,43)(H,44,45)/t20-,21-,26+,27+,34-/m1/s1. The molecule has 3 aromatic rings. The number of ether oxygens (including phenoxy) is 1. The summed E-state index contributed by atoms with van der Waals surface area (Å²) in [6, 6.07) is 9.03. The van der Waals surface area contributed by atoms with Crippen LogP contribution < -0.4 is 20.1 Å². The first-order valence-corrected chi connectivity index (χ1v) is 18.3. The molecule has 4 aliphatic rings. The molecule has 7 rings (SSSR count). The maximum Gasteiger partial charge on any atom is 0.405 e. The number of pyridine rings is 2. The normalized spacial score (nSPS) is 27.7. The lowest BCUT2D eigenvalue weighted by Crippen LogP contribution is -2.58. The summed E-state index contributed by atoms with van der Waals surface area (Å²) in [6.45, 7) is -0.0520. The van der Waals surface area contributed by atoms with Gasteiger partial charge in [0.1, 0.15) is 23.7 Å². The van der Waals surface area contributed by atoms with Crippen LogP contribution in [0.2, 0.25) is 0 Å². The van der Waals surface area contributed by atoms with Gasteiger partial charge < -0.3 is 25.4 Å². The molecule has 14 nitrogen and oxygen atoms in total. The summed E-state index contributed by atoms with van der Waals surface area (Å²) < 4.78 is 34.1. The van der Waals surface area contributed by atoms with Crippen LogP contribution >= 0.6 is 0 Å². The number of hydrogen-bond donors (Lipinski definition) is 4. The number of nitrogens with one attached hydrogen (secondary N) is 3. The lowest BCUT2D eigenvalue weighted by molar-refractivity contribution is -0.141. The molecule has 49 heavy (non-hydrogen) atoms. The zero-order valence-corrected chi connectivity index (χ0v) is 27.5. The van der Waals surface area contributed by atoms with E-state index in [9.17, 15) is 32.7 Å². The first-order chi connectivity index (χ1) is 23.6. The Kier molecular flexibility index (Phi) is 8.63. The van der Waals surface area contributed by atoms with Crippen molar-refractivity contribution in [2.75, 3.05) is 6.54 Å². The summed E-state index contributed by atoms with van der Waals surface area (Å²) in [5.74, 6) is -2.20. The Morgan fingerprint density at radius 1 is 1.02 bits per heavy atom. The van der Waals surface area contributed by atoms with Crippen molar-refractivity contribution in [3.05, 3.63) is 54.7 Å². The van der Waals surface area contributed by atoms with Crippen molar-refractivity contribution in [3.8, 4) is 5.88 Å². The number of sulfonamides is 1. The first-order valence-electron chi connectivity index (χ1n) is 16.7. The number of hydrogen-bond acceptors (Lipinski definition) is 9. The fraction of sp³-hybridized carbons (Fsp3) is 0.471. The molecule has 4 amide bonds. The number of carbonyl (C=O) groups is 4. The van der Waals surface area contributed by atoms with Gasteiger partial charge in [-0.15, -0.1) is 0 Å². The van der Waals surface area contributed by atoms with Gasteiger partial charge in [-0.3, -0.25) is 19.1 Å². The SMILES string of the molecule is O=C(O)N[C@H]1CCCCCC=C[C@@H]2C[C@@]2(C(=O)NS(=O)(=O)C2CC2)NC(=O)[C@@H]2C[C@@H](Oc3nc4ncccc4c4ccccc34)CN2C1=O. The maximum atomic E-state index is 14.2. The molecule has 258 valence electrons. The van der Waals surface area contributed by atoms with E-state index in [2.05, 4.69) is 25.3 Å². The number of carboxylic acid groups (broad SMARTS) is 1. The van der Waals surface area contributed by atoms with Crippen molar-refractivity contribution in [2.45, 2.75) is 86.8 Å². The van der Waals surface area contributed by atoms with Gasteiger partial charge >= 0.3 is 6.09 Å². The lowest BCUT2D eigenvalue weighted by atomic mass is 10.1. The summed E-state index contributed by atoms with van der Waals surface area (Å²) in [4.78, 5) is 63.9. The molecule has 0 bridgehead atoms. The minimum absolute atomic E-state index is 0.0200. The van der Waals surface area contributed by atoms with E-state index in [-0.39, 0.29) is 31.7 Å². The minimum atomic E-state index is -3.89. The first kappa shape index (κ1) is 32.7. The second-order valence-electron chi connectivity index (χ2n) is 13.3. The van der Waals surface area contributed by atoms with E-state index in [0.29, 0.717) is 36.7 Å². The van der Waals surface area contributed by atoms with Crippen LogP contribution in [-0.2, 0) is 24.4 Å². The number of rotatable bonds is 6. The highest BCUT2D eigenvalue weighted by Crippen LogP contribution is 2.46. The highest BCUT2D eigenvalue weighted by atomic mass is 32.2. The van der Waals surface area contributed by atoms with E-state index in [0.717, 1.165) is 23.6 Å². The molecule has 2 aliphatic heterocycles. The zero-order chi connectivity index (χ0) is 34.3. The molecule has 0 spiro atoms. The number of allylic oxidation sites excluding steroid dienone is 1. The van der Waals surface area contributed by atoms with E-state index in [4.69, 9.17) is 4.74 Å². The molecule has 2 aliphatic carbocycles. The van der Waals surface area contributed by atoms with E-state index in [1.165, 1.54) is 4.90 Å². The van der Waals surface area contributed by atoms with E-state index in [1.54, 1.807) is 6.20 Å². The number of aromatic nitrogens is 2. The van der Waals surface area contributed by atoms with Gasteiger partial charge in [0.05, 0.1) is 11.8 Å². The summed E-state index contributed by atoms with van der Waals surface area (Å²) >= 11 is 0. The molecule has 1 saturated heterocycles. The predicted molar refractivity (Wildman–Crippen MR) is 178 cm³/mol. The minimum Gasteiger partial charge on any atom is -0.472 e. The van der Waals surface area contributed by atoms with Gasteiger partial charge in [0, 0.05) is 29.3 Å². The van der Waals surface area contributed by atoms with Crippen molar-refractivity contribution in [1.82, 2.24) is 30.2 Å². The van der Waals surface area contributed by atoms with Crippen LogP contribution in [0.15, 0.2) is 54.7 Å². The molecule has 0 radical (unpaired) electrons. The molecule has 0 unspecified atom stereocenters. The third-order valence-electron chi connectivity index (χ3n) is 9.86. The Morgan fingerprint density at radius 3 is 2.57 bits per heavy atom. The van der Waals surface area contributed by atoms with Crippen LogP contribution in [0.3, 0.4) is 0 Å². The second-order valence-corrected chi connectivity index (χ2v) is 15.3. The van der Waals surface area contributed by atoms with Crippen molar-refractivity contribution in [1.29, 1.82) is 0 Å². The molecule has 4 heterocycles. The largest absolute Gasteiger partial charge is 0.472 e. The number of nitrogens with zero attached hydrogens (tertiary/aromatic N) is 3. The van der Waals surface area contributed by atoms with Gasteiger partial charge in [0.15, 0.2) is 5.65 Å². The Morgan fingerprint density at radius 2 is 1.80 bits per heavy atom. The van der Waals surface area contributed by atoms with E-state index >= 15 is 0 Å².